The van der Waals surface area contributed by atoms with E-state index in [4.69, 9.17) is 0 Å². The Labute approximate surface area is 146 Å². The Hall–Kier alpha value is -2.34. The molecular weight excluding hydrogens is 288 g/mol. The Kier molecular flexibility index (Phi) is 4.85. The lowest BCUT2D eigenvalue weighted by atomic mass is 9.96. The second-order valence-corrected chi connectivity index (χ2v) is 5.79. The molecule has 0 aromatic heterocycles. The molecule has 0 spiro atoms. The van der Waals surface area contributed by atoms with Gasteiger partial charge in [-0.25, -0.2) is 0 Å². The van der Waals surface area contributed by atoms with Crippen LogP contribution in [0.4, 0.5) is 0 Å². The van der Waals surface area contributed by atoms with Crippen LogP contribution in [0.1, 0.15) is 49.9 Å². The summed E-state index contributed by atoms with van der Waals surface area (Å²) >= 11 is 0. The van der Waals surface area contributed by atoms with E-state index >= 15 is 0 Å². The molecular formula is C24H26. The number of hydrogen-bond acceptors (Lipinski definition) is 0. The zero-order chi connectivity index (χ0) is 17.1. The Bertz CT molecular complexity index is 783. The van der Waals surface area contributed by atoms with Gasteiger partial charge in [0.25, 0.3) is 0 Å². The van der Waals surface area contributed by atoms with Crippen LogP contribution in [-0.4, -0.2) is 0 Å². The minimum Gasteiger partial charge on any atom is -0.0683 e. The molecule has 3 aromatic carbocycles. The monoisotopic (exact) mass is 314 g/mol. The first kappa shape index (κ1) is 16.5. The van der Waals surface area contributed by atoms with Gasteiger partial charge in [0.2, 0.25) is 0 Å². The zero-order valence-corrected chi connectivity index (χ0v) is 15.2. The van der Waals surface area contributed by atoms with Crippen LogP contribution in [0.25, 0.3) is 22.3 Å². The molecule has 0 saturated carbocycles. The third-order valence-electron chi connectivity index (χ3n) is 4.78. The highest BCUT2D eigenvalue weighted by molar-refractivity contribution is 5.86. The summed E-state index contributed by atoms with van der Waals surface area (Å²) in [5.74, 6) is 0. The van der Waals surface area contributed by atoms with Gasteiger partial charge in [-0.15, -0.1) is 0 Å². The third-order valence-corrected chi connectivity index (χ3v) is 4.78. The topological polar surface area (TPSA) is 0 Å². The fraction of sp³-hybridized carbons (Fsp3) is 0.250. The number of fused-ring (bicyclic) bond motifs is 7. The molecule has 0 heterocycles. The smallest absolute Gasteiger partial charge is 0.00104 e. The van der Waals surface area contributed by atoms with Crippen LogP contribution in [-0.2, 0) is 12.8 Å². The zero-order valence-electron chi connectivity index (χ0n) is 15.2. The molecule has 122 valence electrons. The van der Waals surface area contributed by atoms with Crippen molar-refractivity contribution in [3.05, 3.63) is 82.9 Å². The lowest BCUT2D eigenvalue weighted by Crippen LogP contribution is -1.90. The largest absolute Gasteiger partial charge is 0.0683 e. The quantitative estimate of drug-likeness (QED) is 0.292. The highest BCUT2D eigenvalue weighted by Gasteiger charge is 2.27. The molecule has 0 amide bonds. The predicted molar refractivity (Wildman–Crippen MR) is 106 cm³/mol. The van der Waals surface area contributed by atoms with Crippen molar-refractivity contribution in [3.63, 3.8) is 0 Å². The highest BCUT2D eigenvalue weighted by Crippen LogP contribution is 2.46. The maximum atomic E-state index is 2.32. The maximum absolute atomic E-state index is 2.32. The lowest BCUT2D eigenvalue weighted by molar-refractivity contribution is 1.16. The molecule has 0 fully saturated rings. The SMILES string of the molecule is CC.CC.c1ccc2c(c1)Cc1c-2ccc2c1Cc1ccccc1-2. The van der Waals surface area contributed by atoms with Crippen LogP contribution in [0.2, 0.25) is 0 Å². The van der Waals surface area contributed by atoms with Gasteiger partial charge in [-0.2, -0.15) is 0 Å². The third kappa shape index (κ3) is 2.47. The Balaban J connectivity index is 0.000000396. The van der Waals surface area contributed by atoms with Crippen molar-refractivity contribution in [1.29, 1.82) is 0 Å². The van der Waals surface area contributed by atoms with Crippen LogP contribution < -0.4 is 0 Å². The predicted octanol–water partition coefficient (Wildman–Crippen LogP) is 6.88. The molecule has 0 unspecified atom stereocenters. The summed E-state index contributed by atoms with van der Waals surface area (Å²) < 4.78 is 0. The molecule has 2 aliphatic rings. The van der Waals surface area contributed by atoms with Gasteiger partial charge >= 0.3 is 0 Å². The summed E-state index contributed by atoms with van der Waals surface area (Å²) in [7, 11) is 0. The molecule has 0 aliphatic heterocycles. The molecule has 0 nitrogen and oxygen atoms in total. The minimum absolute atomic E-state index is 1.10. The summed E-state index contributed by atoms with van der Waals surface area (Å²) in [5.41, 5.74) is 11.8. The van der Waals surface area contributed by atoms with Gasteiger partial charge in [0.1, 0.15) is 0 Å². The summed E-state index contributed by atoms with van der Waals surface area (Å²) in [6.07, 6.45) is 2.20. The van der Waals surface area contributed by atoms with Gasteiger partial charge in [0, 0.05) is 0 Å². The summed E-state index contributed by atoms with van der Waals surface area (Å²) in [6, 6.07) is 22.3. The molecule has 0 heteroatoms. The molecule has 2 aliphatic carbocycles. The summed E-state index contributed by atoms with van der Waals surface area (Å²) in [6.45, 7) is 8.00. The first-order valence-electron chi connectivity index (χ1n) is 9.23. The van der Waals surface area contributed by atoms with Gasteiger partial charge in [-0.05, 0) is 57.3 Å². The van der Waals surface area contributed by atoms with E-state index in [1.807, 2.05) is 27.7 Å². The van der Waals surface area contributed by atoms with E-state index in [1.165, 1.54) is 33.4 Å². The van der Waals surface area contributed by atoms with Gasteiger partial charge in [-0.1, -0.05) is 88.4 Å². The fourth-order valence-electron chi connectivity index (χ4n) is 3.86. The van der Waals surface area contributed by atoms with Gasteiger partial charge in [0.15, 0.2) is 0 Å². The highest BCUT2D eigenvalue weighted by atomic mass is 14.3. The minimum atomic E-state index is 1.10. The second-order valence-electron chi connectivity index (χ2n) is 5.79. The van der Waals surface area contributed by atoms with E-state index in [2.05, 4.69) is 60.7 Å². The second kappa shape index (κ2) is 7.05. The molecule has 0 radical (unpaired) electrons. The molecule has 24 heavy (non-hydrogen) atoms. The molecule has 0 saturated heterocycles. The Morgan fingerprint density at radius 1 is 0.458 bits per heavy atom. The number of benzene rings is 3. The number of rotatable bonds is 0. The standard InChI is InChI=1S/C20H14.2C2H6/c1-3-7-15-13(5-1)11-19-17(15)9-10-18-16-8-4-2-6-14(16)12-20(18)19;2*1-2/h1-10H,11-12H2;2*1-2H3. The normalized spacial score (nSPS) is 11.8. The fourth-order valence-corrected chi connectivity index (χ4v) is 3.86. The van der Waals surface area contributed by atoms with Gasteiger partial charge in [-0.3, -0.25) is 0 Å². The average molecular weight is 314 g/mol. The van der Waals surface area contributed by atoms with Crippen LogP contribution in [0.5, 0.6) is 0 Å². The van der Waals surface area contributed by atoms with Crippen molar-refractivity contribution in [2.75, 3.05) is 0 Å². The summed E-state index contributed by atoms with van der Waals surface area (Å²) in [5, 5.41) is 0. The van der Waals surface area contributed by atoms with Crippen molar-refractivity contribution in [2.45, 2.75) is 40.5 Å². The van der Waals surface area contributed by atoms with Crippen molar-refractivity contribution in [3.8, 4) is 22.3 Å². The molecule has 0 bridgehead atoms. The van der Waals surface area contributed by atoms with E-state index in [0.717, 1.165) is 12.8 Å². The lowest BCUT2D eigenvalue weighted by Gasteiger charge is -2.07. The first-order chi connectivity index (χ1) is 11.9. The molecule has 5 rings (SSSR count). The van der Waals surface area contributed by atoms with E-state index < -0.39 is 0 Å². The van der Waals surface area contributed by atoms with Gasteiger partial charge in [0.05, 0.1) is 0 Å². The van der Waals surface area contributed by atoms with E-state index in [-0.39, 0.29) is 0 Å². The van der Waals surface area contributed by atoms with E-state index in [0.29, 0.717) is 0 Å². The molecule has 0 atom stereocenters. The van der Waals surface area contributed by atoms with Crippen LogP contribution in [0.15, 0.2) is 60.7 Å². The average Bonchev–Trinajstić information content (AvgIpc) is 3.23. The van der Waals surface area contributed by atoms with Gasteiger partial charge < -0.3 is 0 Å². The molecule has 0 N–H and O–H groups in total. The van der Waals surface area contributed by atoms with Crippen molar-refractivity contribution in [1.82, 2.24) is 0 Å². The van der Waals surface area contributed by atoms with Crippen molar-refractivity contribution >= 4 is 0 Å². The maximum Gasteiger partial charge on any atom is -0.00104 e. The van der Waals surface area contributed by atoms with E-state index in [1.54, 1.807) is 11.1 Å². The van der Waals surface area contributed by atoms with Crippen molar-refractivity contribution < 1.29 is 0 Å². The summed E-state index contributed by atoms with van der Waals surface area (Å²) in [4.78, 5) is 0. The Morgan fingerprint density at radius 2 is 0.833 bits per heavy atom. The molecule has 3 aromatic rings. The van der Waals surface area contributed by atoms with Crippen LogP contribution >= 0.6 is 0 Å². The van der Waals surface area contributed by atoms with Crippen LogP contribution in [0.3, 0.4) is 0 Å². The van der Waals surface area contributed by atoms with Crippen molar-refractivity contribution in [2.24, 2.45) is 0 Å². The number of hydrogen-bond donors (Lipinski definition) is 0. The van der Waals surface area contributed by atoms with E-state index in [9.17, 15) is 0 Å². The Morgan fingerprint density at radius 3 is 1.25 bits per heavy atom. The van der Waals surface area contributed by atoms with Crippen LogP contribution in [0, 0.1) is 0 Å². The first-order valence-corrected chi connectivity index (χ1v) is 9.23.